The van der Waals surface area contributed by atoms with E-state index in [2.05, 4.69) is 73.1 Å². The number of aliphatic hydroxyl groups is 2. The maximum atomic E-state index is 15.8. The number of para-hydroxylation sites is 2. The lowest BCUT2D eigenvalue weighted by Gasteiger charge is -2.36. The molecule has 25 N–H and O–H groups in total. The lowest BCUT2D eigenvalue weighted by molar-refractivity contribution is -0.149. The first kappa shape index (κ1) is 109. The maximum absolute atomic E-state index is 15.8. The van der Waals surface area contributed by atoms with Crippen molar-refractivity contribution < 1.29 is 102 Å². The highest BCUT2D eigenvalue weighted by Gasteiger charge is 2.47. The van der Waals surface area contributed by atoms with Crippen LogP contribution in [-0.2, 0) is 107 Å². The second kappa shape index (κ2) is 53.1. The number of likely N-dealkylation sites (N-methyl/N-ethyl adjacent to an activating group) is 3. The molecular weight excluding hydrogens is 1810 g/mol. The van der Waals surface area contributed by atoms with E-state index < -0.39 is 254 Å². The summed E-state index contributed by atoms with van der Waals surface area (Å²) in [7, 11) is 3.98. The van der Waals surface area contributed by atoms with Crippen molar-refractivity contribution in [2.24, 2.45) is 28.9 Å². The number of aromatic hydroxyl groups is 1. The van der Waals surface area contributed by atoms with E-state index in [0.717, 1.165) is 31.4 Å². The number of amides is 15. The van der Waals surface area contributed by atoms with Crippen LogP contribution in [0.15, 0.2) is 97.7 Å². The van der Waals surface area contributed by atoms with E-state index in [0.29, 0.717) is 70.6 Å². The summed E-state index contributed by atoms with van der Waals surface area (Å²) in [4.78, 5) is 270. The second-order valence-electron chi connectivity index (χ2n) is 35.3. The van der Waals surface area contributed by atoms with Gasteiger partial charge in [-0.05, 0) is 132 Å². The molecule has 0 spiro atoms. The van der Waals surface area contributed by atoms with Gasteiger partial charge in [0.25, 0.3) is 0 Å². The number of Topliss-reactive ketones (excluding diaryl/α,β-unsaturated/α-hetero) is 1. The van der Waals surface area contributed by atoms with Crippen molar-refractivity contribution in [3.63, 3.8) is 0 Å². The number of phenolic OH excluding ortho intramolecular Hbond substituents is 1. The molecule has 138 heavy (non-hydrogen) atoms. The summed E-state index contributed by atoms with van der Waals surface area (Å²) in [6, 6.07) is -0.221. The first-order chi connectivity index (χ1) is 65.9. The van der Waals surface area contributed by atoms with E-state index in [1.807, 2.05) is 13.8 Å². The van der Waals surface area contributed by atoms with Crippen LogP contribution in [0.2, 0.25) is 0 Å². The topological polar surface area (TPSA) is 672 Å². The third-order valence-electron chi connectivity index (χ3n) is 25.2. The van der Waals surface area contributed by atoms with Crippen molar-refractivity contribution in [1.82, 2.24) is 97.6 Å². The van der Waals surface area contributed by atoms with Crippen LogP contribution < -0.4 is 76.1 Å². The highest BCUT2D eigenvalue weighted by Crippen LogP contribution is 2.30. The number of aromatic nitrogens is 4. The van der Waals surface area contributed by atoms with Crippen molar-refractivity contribution in [2.45, 2.75) is 247 Å². The number of carbonyl (C=O) groups excluding carboxylic acids is 16. The molecule has 0 unspecified atom stereocenters. The van der Waals surface area contributed by atoms with Gasteiger partial charge in [0.2, 0.25) is 88.6 Å². The van der Waals surface area contributed by atoms with Crippen LogP contribution in [0.25, 0.3) is 21.8 Å². The monoisotopic (exact) mass is 1940 g/mol. The fourth-order valence-corrected chi connectivity index (χ4v) is 18.1. The molecule has 0 aliphatic carbocycles. The molecule has 0 radical (unpaired) electrons. The number of aliphatic hydroxyl groups excluding tert-OH is 2. The number of carboxylic acids is 1. The quantitative estimate of drug-likeness (QED) is 0.0164. The molecule has 44 nitrogen and oxygen atoms in total. The van der Waals surface area contributed by atoms with E-state index in [-0.39, 0.29) is 108 Å². The molecule has 0 saturated carbocycles. The van der Waals surface area contributed by atoms with Gasteiger partial charge >= 0.3 is 5.97 Å². The minimum Gasteiger partial charge on any atom is -0.508 e. The van der Waals surface area contributed by atoms with E-state index in [1.165, 1.54) is 69.8 Å². The normalized spacial score (nSPS) is 24.6. The highest BCUT2D eigenvalue weighted by molar-refractivity contribution is 8.00. The number of hydrogen-bond acceptors (Lipinski definition) is 26. The molecule has 3 fully saturated rings. The number of thioether (sulfide) groups is 1. The van der Waals surface area contributed by atoms with Crippen LogP contribution in [0.3, 0.4) is 0 Å². The smallest absolute Gasteiger partial charge is 0.303 e. The van der Waals surface area contributed by atoms with Crippen molar-refractivity contribution >= 4 is 134 Å². The number of aromatic amines is 3. The molecule has 6 aromatic rings. The van der Waals surface area contributed by atoms with Crippen LogP contribution in [0.5, 0.6) is 5.75 Å². The van der Waals surface area contributed by atoms with Gasteiger partial charge in [-0.2, -0.15) is 0 Å². The largest absolute Gasteiger partial charge is 0.508 e. The van der Waals surface area contributed by atoms with Crippen molar-refractivity contribution in [3.05, 3.63) is 120 Å². The van der Waals surface area contributed by atoms with E-state index >= 15 is 47.9 Å². The van der Waals surface area contributed by atoms with Crippen LogP contribution in [0.4, 0.5) is 0 Å². The molecule has 6 heterocycles. The number of H-pyrrole nitrogens is 3. The van der Waals surface area contributed by atoms with E-state index in [9.17, 15) is 54.0 Å². The number of primary amides is 1. The van der Waals surface area contributed by atoms with Gasteiger partial charge in [-0.25, -0.2) is 4.98 Å². The van der Waals surface area contributed by atoms with E-state index in [1.54, 1.807) is 60.9 Å². The molecule has 0 bridgehead atoms. The maximum Gasteiger partial charge on any atom is 0.303 e. The summed E-state index contributed by atoms with van der Waals surface area (Å²) in [6.07, 6.45) is 2.27. The lowest BCUT2D eigenvalue weighted by Crippen LogP contribution is -2.61. The SMILES string of the molecule is CCCC[C@H]1C(=O)N(C)[C@@H](CCCC)C(=O)N[C@@H](CCCNC(N)N)C(=O)N[C@H](C(=O)NCC(N)=O)CSCC(=O)N[C@@H](Cc2ccc(O)cc2)C(=O)N(C)[C@@H](C)C(=O)N[C@@H](CCCCN)C(=O)N2CCC[C@H]2C(=O)N[C@@H](Cc2c[nH]cn2)C(=O)N[C@@H](CCC(=O)O)C(=O)N2C[C@H](O)C[C@H]2C(=O)C[C@@H](Cc2c[nH]c3ccccc23)C(=O)N[C@@H](CO)C(=O)N[C@@H](Cc2c[nH]c3ccccc23)C(=O)N1C. The Labute approximate surface area is 802 Å². The summed E-state index contributed by atoms with van der Waals surface area (Å²) in [5.74, 6) is -18.5. The minimum atomic E-state index is -1.89. The summed E-state index contributed by atoms with van der Waals surface area (Å²) >= 11 is 0.789. The predicted octanol–water partition coefficient (Wildman–Crippen LogP) is -2.46. The van der Waals surface area contributed by atoms with Crippen molar-refractivity contribution in [1.29, 1.82) is 0 Å². The van der Waals surface area contributed by atoms with Crippen LogP contribution in [-0.4, -0.2) is 328 Å². The number of hydrogen-bond donors (Lipinski definition) is 21. The van der Waals surface area contributed by atoms with E-state index in [4.69, 9.17) is 22.9 Å². The third kappa shape index (κ3) is 30.8. The zero-order valence-electron chi connectivity index (χ0n) is 78.6. The number of phenols is 1. The first-order valence-electron chi connectivity index (χ1n) is 46.7. The summed E-state index contributed by atoms with van der Waals surface area (Å²) in [6.45, 7) is 2.91. The first-order valence-corrected chi connectivity index (χ1v) is 47.9. The van der Waals surface area contributed by atoms with Crippen LogP contribution in [0, 0.1) is 5.92 Å². The molecule has 3 aromatic heterocycles. The predicted molar refractivity (Wildman–Crippen MR) is 508 cm³/mol. The Bertz CT molecular complexity index is 5210. The van der Waals surface area contributed by atoms with Crippen molar-refractivity contribution in [3.8, 4) is 5.75 Å². The molecule has 3 aliphatic rings. The third-order valence-corrected chi connectivity index (χ3v) is 26.2. The number of nitrogens with zero attached hydrogens (tertiary/aromatic N) is 6. The minimum absolute atomic E-state index is 0.0108. The Kier molecular flexibility index (Phi) is 41.8. The Hall–Kier alpha value is -13.0. The number of imidazole rings is 1. The number of carboxylic acid groups (broad SMARTS) is 1. The summed E-state index contributed by atoms with van der Waals surface area (Å²) < 4.78 is 0. The van der Waals surface area contributed by atoms with Crippen molar-refractivity contribution in [2.75, 3.05) is 72.0 Å². The molecule has 3 aliphatic heterocycles. The number of nitrogens with two attached hydrogens (primary N) is 4. The second-order valence-corrected chi connectivity index (χ2v) is 36.4. The number of carbonyl (C=O) groups is 17. The lowest BCUT2D eigenvalue weighted by atomic mass is 9.90. The van der Waals surface area contributed by atoms with Gasteiger partial charge in [-0.1, -0.05) is 88.1 Å². The number of aliphatic carboxylic acids is 1. The number of fused-ring (bicyclic) bond motifs is 4. The number of benzene rings is 3. The Morgan fingerprint density at radius 3 is 1.78 bits per heavy atom. The number of rotatable bonds is 30. The Morgan fingerprint density at radius 2 is 1.14 bits per heavy atom. The molecular formula is C93H133N23O21S. The molecule has 3 saturated heterocycles. The molecule has 9 rings (SSSR count). The van der Waals surface area contributed by atoms with Gasteiger partial charge < -0.3 is 131 Å². The molecule has 15 amide bonds. The zero-order chi connectivity index (χ0) is 101. The average Bonchev–Trinajstić information content (AvgIpc) is 1.62. The number of nitrogens with one attached hydrogen (secondary N) is 13. The fourth-order valence-electron chi connectivity index (χ4n) is 17.3. The molecule has 3 aromatic carbocycles. The van der Waals surface area contributed by atoms with Crippen LogP contribution >= 0.6 is 11.8 Å². The Morgan fingerprint density at radius 1 is 0.572 bits per heavy atom. The summed E-state index contributed by atoms with van der Waals surface area (Å²) in [5.41, 5.74) is 26.0. The standard InChI is InChI=1S/C93H133N23O21S/c1-7-9-25-72-86(131)105-64(24-17-35-99-93(96)97)83(128)111-71(82(127)102-46-77(95)121)49-138-50-78(122)104-68(37-53-28-30-58(118)31-29-53)88(133)112(4)52(3)80(125)106-65(23-15-16-34-94)90(135)115-36-18-27-73(115)87(132)108-67(41-57-45-98-51-103-57)84(129)107-66(32-33-79(123)124)91(136)116-47-59(119)42-75(116)76(120)40-54(38-55-43-100-62-21-13-11-19-60(55)62)81(126)110-70(48-117)85(130)109-69(39-56-44-101-63-22-14-12-20-61(56)63)89(134)114(6)74(26-10-8-2)92(137)113(72)5/h11-14,19-22,28-31,43-45,51-52,54,59,64-75,93,99-101,117-119H,7-10,15-18,23-27,32-42,46-50,94,96-97H2,1-6H3,(H2,95,121)(H,98,103)(H,102,127)(H,104,122)(H,105,131)(H,106,125)(H,107,129)(H,108,132)(H,109,130)(H,110,126)(H,111,128)(H,123,124)/t52-,54+,59+,64-,65-,66-,67-,68-,69-,70-,71-,72-,73-,74-,75-/m0/s1. The van der Waals surface area contributed by atoms with Crippen LogP contribution in [0.1, 0.15) is 152 Å². The summed E-state index contributed by atoms with van der Waals surface area (Å²) in [5, 5.41) is 71.2. The van der Waals surface area contributed by atoms with Gasteiger partial charge in [0.1, 0.15) is 84.5 Å². The number of ketones is 1. The zero-order valence-corrected chi connectivity index (χ0v) is 79.4. The van der Waals surface area contributed by atoms with Gasteiger partial charge in [0.15, 0.2) is 5.78 Å². The Balaban J connectivity index is 1.11. The average molecular weight is 1940 g/mol. The number of unbranched alkanes of at least 4 members (excludes halogenated alkanes) is 3. The van der Waals surface area contributed by atoms with Gasteiger partial charge in [0.05, 0.1) is 43.1 Å². The highest BCUT2D eigenvalue weighted by atomic mass is 32.2. The molecule has 752 valence electrons. The fraction of sp³-hybridized carbons (Fsp3) is 0.548. The molecule has 45 heteroatoms. The van der Waals surface area contributed by atoms with Gasteiger partial charge in [-0.3, -0.25) is 86.8 Å². The van der Waals surface area contributed by atoms with Gasteiger partial charge in [0, 0.05) is 125 Å². The molecule has 15 atom stereocenters. The van der Waals surface area contributed by atoms with Gasteiger partial charge in [-0.15, -0.1) is 11.8 Å².